The van der Waals surface area contributed by atoms with E-state index in [0.717, 1.165) is 18.6 Å². The molecule has 4 heteroatoms. The first kappa shape index (κ1) is 20.5. The summed E-state index contributed by atoms with van der Waals surface area (Å²) in [4.78, 5) is 10.1. The Morgan fingerprint density at radius 1 is 0.950 bits per heavy atom. The minimum absolute atomic E-state index is 0.226. The summed E-state index contributed by atoms with van der Waals surface area (Å²) >= 11 is 1.29. The van der Waals surface area contributed by atoms with Gasteiger partial charge >= 0.3 is 0 Å². The summed E-state index contributed by atoms with van der Waals surface area (Å²) in [5.74, 6) is 1.57. The summed E-state index contributed by atoms with van der Waals surface area (Å²) in [5.41, 5.74) is 0.516. The molecule has 20 heavy (non-hydrogen) atoms. The van der Waals surface area contributed by atoms with E-state index in [1.807, 2.05) is 0 Å². The summed E-state index contributed by atoms with van der Waals surface area (Å²) in [6.45, 7) is 14.4. The van der Waals surface area contributed by atoms with E-state index in [1.165, 1.54) is 11.4 Å². The Labute approximate surface area is 130 Å². The summed E-state index contributed by atoms with van der Waals surface area (Å²) in [6, 6.07) is 0. The molecule has 0 amide bonds. The SMILES string of the molecule is CC(CSP(=O)(O)CC(C)CC(C)(C)C)CC(C)(C)C. The molecule has 0 aromatic carbocycles. The van der Waals surface area contributed by atoms with Crippen molar-refractivity contribution >= 4 is 18.0 Å². The fourth-order valence-corrected chi connectivity index (χ4v) is 7.07. The molecule has 1 N–H and O–H groups in total. The topological polar surface area (TPSA) is 37.3 Å². The summed E-state index contributed by atoms with van der Waals surface area (Å²) in [7, 11) is 0. The molecule has 0 heterocycles. The average Bonchev–Trinajstić information content (AvgIpc) is 2.07. The Balaban J connectivity index is 4.23. The monoisotopic (exact) mass is 322 g/mol. The van der Waals surface area contributed by atoms with Crippen molar-refractivity contribution in [2.24, 2.45) is 22.7 Å². The van der Waals surface area contributed by atoms with E-state index in [2.05, 4.69) is 55.4 Å². The fraction of sp³-hybridized carbons (Fsp3) is 1.00. The fourth-order valence-electron chi connectivity index (χ4n) is 2.90. The maximum atomic E-state index is 12.3. The second kappa shape index (κ2) is 7.70. The molecule has 3 atom stereocenters. The molecule has 0 bridgehead atoms. The van der Waals surface area contributed by atoms with Crippen LogP contribution in [0.4, 0.5) is 0 Å². The molecule has 0 aromatic rings. The van der Waals surface area contributed by atoms with E-state index in [-0.39, 0.29) is 5.41 Å². The van der Waals surface area contributed by atoms with Crippen LogP contribution in [0.15, 0.2) is 0 Å². The van der Waals surface area contributed by atoms with Crippen molar-refractivity contribution in [3.05, 3.63) is 0 Å². The lowest BCUT2D eigenvalue weighted by atomic mass is 9.86. The number of rotatable bonds is 7. The van der Waals surface area contributed by atoms with Crippen LogP contribution in [-0.4, -0.2) is 16.8 Å². The average molecular weight is 322 g/mol. The Hall–Kier alpha value is 0.540. The van der Waals surface area contributed by atoms with Crippen molar-refractivity contribution in [3.8, 4) is 0 Å². The van der Waals surface area contributed by atoms with Gasteiger partial charge in [-0.3, -0.25) is 4.57 Å². The molecule has 0 saturated heterocycles. The smallest absolute Gasteiger partial charge is 0.255 e. The predicted octanol–water partition coefficient (Wildman–Crippen LogP) is 6.05. The lowest BCUT2D eigenvalue weighted by Crippen LogP contribution is -2.14. The van der Waals surface area contributed by atoms with E-state index in [1.54, 1.807) is 0 Å². The van der Waals surface area contributed by atoms with Crippen molar-refractivity contribution in [2.45, 2.75) is 68.2 Å². The predicted molar refractivity (Wildman–Crippen MR) is 93.6 cm³/mol. The second-order valence-corrected chi connectivity index (χ2v) is 13.6. The van der Waals surface area contributed by atoms with E-state index >= 15 is 0 Å². The van der Waals surface area contributed by atoms with Gasteiger partial charge in [0.2, 0.25) is 0 Å². The summed E-state index contributed by atoms with van der Waals surface area (Å²) in [5, 5.41) is 0. The number of hydrogen-bond acceptors (Lipinski definition) is 2. The van der Waals surface area contributed by atoms with Crippen molar-refractivity contribution in [1.29, 1.82) is 0 Å². The van der Waals surface area contributed by atoms with Gasteiger partial charge in [-0.1, -0.05) is 66.8 Å². The summed E-state index contributed by atoms with van der Waals surface area (Å²) in [6.07, 6.45) is 2.53. The zero-order chi connectivity index (χ0) is 16.2. The first-order valence-corrected chi connectivity index (χ1v) is 11.1. The van der Waals surface area contributed by atoms with Gasteiger partial charge in [0.15, 0.2) is 0 Å². The molecule has 0 aliphatic carbocycles. The van der Waals surface area contributed by atoms with E-state index < -0.39 is 6.57 Å². The zero-order valence-corrected chi connectivity index (χ0v) is 16.4. The molecule has 0 spiro atoms. The van der Waals surface area contributed by atoms with E-state index in [4.69, 9.17) is 0 Å². The lowest BCUT2D eigenvalue weighted by Gasteiger charge is -2.26. The maximum absolute atomic E-state index is 12.3. The van der Waals surface area contributed by atoms with Crippen LogP contribution >= 0.6 is 18.0 Å². The summed E-state index contributed by atoms with van der Waals surface area (Å²) < 4.78 is 12.3. The normalized spacial score (nSPS) is 19.4. The Morgan fingerprint density at radius 2 is 1.35 bits per heavy atom. The lowest BCUT2D eigenvalue weighted by molar-refractivity contribution is 0.318. The van der Waals surface area contributed by atoms with Crippen molar-refractivity contribution in [1.82, 2.24) is 0 Å². The highest BCUT2D eigenvalue weighted by Gasteiger charge is 2.26. The molecule has 0 fully saturated rings. The Bertz CT molecular complexity index is 328. The van der Waals surface area contributed by atoms with Gasteiger partial charge in [-0.05, 0) is 35.5 Å². The van der Waals surface area contributed by atoms with E-state index in [0.29, 0.717) is 23.4 Å². The molecule has 0 radical (unpaired) electrons. The third-order valence-electron chi connectivity index (χ3n) is 3.02. The first-order chi connectivity index (χ1) is 8.70. The third kappa shape index (κ3) is 12.3. The standard InChI is InChI=1S/C16H35O2PS/c1-13(9-15(3,4)5)11-19(17,18)20-12-14(2)10-16(6,7)8/h13-14H,9-12H2,1-8H3,(H,17,18). The second-order valence-electron chi connectivity index (χ2n) is 8.86. The van der Waals surface area contributed by atoms with Gasteiger partial charge in [0.05, 0.1) is 0 Å². The first-order valence-electron chi connectivity index (χ1n) is 7.66. The van der Waals surface area contributed by atoms with Crippen molar-refractivity contribution in [2.75, 3.05) is 11.9 Å². The molecule has 2 nitrogen and oxygen atoms in total. The van der Waals surface area contributed by atoms with Gasteiger partial charge in [-0.25, -0.2) is 0 Å². The van der Waals surface area contributed by atoms with Crippen LogP contribution < -0.4 is 0 Å². The van der Waals surface area contributed by atoms with Crippen LogP contribution in [0.25, 0.3) is 0 Å². The Kier molecular flexibility index (Phi) is 7.90. The van der Waals surface area contributed by atoms with Crippen LogP contribution in [0.3, 0.4) is 0 Å². The van der Waals surface area contributed by atoms with Crippen molar-refractivity contribution in [3.63, 3.8) is 0 Å². The quantitative estimate of drug-likeness (QED) is 0.580. The van der Waals surface area contributed by atoms with Crippen LogP contribution in [0, 0.1) is 22.7 Å². The van der Waals surface area contributed by atoms with E-state index in [9.17, 15) is 9.46 Å². The maximum Gasteiger partial charge on any atom is 0.255 e. The zero-order valence-electron chi connectivity index (χ0n) is 14.7. The number of hydrogen-bond donors (Lipinski definition) is 1. The minimum atomic E-state index is -3.04. The molecule has 3 unspecified atom stereocenters. The van der Waals surface area contributed by atoms with Crippen LogP contribution in [0.2, 0.25) is 0 Å². The van der Waals surface area contributed by atoms with Gasteiger partial charge < -0.3 is 4.89 Å². The minimum Gasteiger partial charge on any atom is -0.337 e. The van der Waals surface area contributed by atoms with Crippen LogP contribution in [0.1, 0.15) is 68.2 Å². The highest BCUT2D eigenvalue weighted by molar-refractivity contribution is 8.56. The molecule has 0 aromatic heterocycles. The van der Waals surface area contributed by atoms with Gasteiger partial charge in [0.1, 0.15) is 0 Å². The van der Waals surface area contributed by atoms with Gasteiger partial charge in [-0.15, -0.1) is 0 Å². The third-order valence-corrected chi connectivity index (χ3v) is 7.34. The molecule has 0 aliphatic heterocycles. The molecule has 0 rings (SSSR count). The highest BCUT2D eigenvalue weighted by Crippen LogP contribution is 2.57. The van der Waals surface area contributed by atoms with Crippen LogP contribution in [-0.2, 0) is 4.57 Å². The molecular weight excluding hydrogens is 287 g/mol. The van der Waals surface area contributed by atoms with Crippen LogP contribution in [0.5, 0.6) is 0 Å². The van der Waals surface area contributed by atoms with Gasteiger partial charge in [0.25, 0.3) is 6.57 Å². The molecule has 0 aliphatic rings. The van der Waals surface area contributed by atoms with Gasteiger partial charge in [0, 0.05) is 11.9 Å². The van der Waals surface area contributed by atoms with Crippen molar-refractivity contribution < 1.29 is 9.46 Å². The molecular formula is C16H35O2PS. The van der Waals surface area contributed by atoms with Gasteiger partial charge in [-0.2, -0.15) is 0 Å². The Morgan fingerprint density at radius 3 is 1.75 bits per heavy atom. The highest BCUT2D eigenvalue weighted by atomic mass is 32.7. The molecule has 0 saturated carbocycles. The molecule has 122 valence electrons. The largest absolute Gasteiger partial charge is 0.337 e.